The molecule has 3 nitrogen and oxygen atoms in total. The largest absolute Gasteiger partial charge is 0.456 e. The lowest BCUT2D eigenvalue weighted by Crippen LogP contribution is -2.10. The predicted molar refractivity (Wildman–Crippen MR) is 247 cm³/mol. The maximum Gasteiger partial charge on any atom is 0.159 e. The zero-order valence-corrected chi connectivity index (χ0v) is 32.0. The van der Waals surface area contributed by atoms with Gasteiger partial charge in [0.2, 0.25) is 0 Å². The Morgan fingerprint density at radius 2 is 0.864 bits per heavy atom. The van der Waals surface area contributed by atoms with Crippen molar-refractivity contribution < 1.29 is 8.83 Å². The van der Waals surface area contributed by atoms with Gasteiger partial charge in [0.1, 0.15) is 16.7 Å². The molecule has 0 atom stereocenters. The number of hydrogen-bond acceptors (Lipinski definition) is 3. The molecule has 2 aromatic heterocycles. The zero-order chi connectivity index (χ0) is 38.9. The van der Waals surface area contributed by atoms with Crippen LogP contribution in [0.1, 0.15) is 0 Å². The van der Waals surface area contributed by atoms with Gasteiger partial charge >= 0.3 is 0 Å². The Bertz CT molecular complexity index is 3540. The summed E-state index contributed by atoms with van der Waals surface area (Å²) in [7, 11) is 0. The Morgan fingerprint density at radius 1 is 0.288 bits per heavy atom. The highest BCUT2D eigenvalue weighted by Gasteiger charge is 2.21. The molecule has 3 heteroatoms. The maximum atomic E-state index is 6.98. The lowest BCUT2D eigenvalue weighted by Gasteiger charge is -2.26. The SMILES string of the molecule is c1ccc(-c2cccc3c2oc2c(N(c4ccc(-c5ccc6c(c5)oc5ccccc56)cc4)c4ccc(-c5cc6ccccc6c6ccccc56)cc4)cccc23)cc1. The first-order valence-electron chi connectivity index (χ1n) is 20.1. The molecule has 0 bridgehead atoms. The van der Waals surface area contributed by atoms with E-state index in [4.69, 9.17) is 8.83 Å². The third-order valence-corrected chi connectivity index (χ3v) is 11.9. The van der Waals surface area contributed by atoms with Gasteiger partial charge in [-0.25, -0.2) is 0 Å². The molecular weight excluding hydrogens is 719 g/mol. The number of benzene rings is 10. The van der Waals surface area contributed by atoms with Gasteiger partial charge in [-0.3, -0.25) is 0 Å². The number of hydrogen-bond donors (Lipinski definition) is 0. The number of furan rings is 2. The molecule has 0 aliphatic heterocycles. The standard InChI is InChI=1S/C56H35NO2/c1-2-12-37(13-3-1)44-19-10-20-49-50-21-11-22-52(56(50)59-55(44)49)57(41-29-24-36(25-30-41)39-28-33-48-47-18-8-9-23-53(47)58-54(48)35-39)42-31-26-38(27-32-42)51-34-40-14-4-5-15-43(40)45-16-6-7-17-46(45)51/h1-35H. The van der Waals surface area contributed by atoms with Gasteiger partial charge in [0.25, 0.3) is 0 Å². The van der Waals surface area contributed by atoms with E-state index in [1.165, 1.54) is 32.7 Å². The van der Waals surface area contributed by atoms with E-state index in [0.717, 1.165) is 83.2 Å². The van der Waals surface area contributed by atoms with Crippen LogP contribution in [0.5, 0.6) is 0 Å². The van der Waals surface area contributed by atoms with Gasteiger partial charge in [-0.15, -0.1) is 0 Å². The minimum absolute atomic E-state index is 0.842. The molecule has 59 heavy (non-hydrogen) atoms. The highest BCUT2D eigenvalue weighted by Crippen LogP contribution is 2.45. The summed E-state index contributed by atoms with van der Waals surface area (Å²) in [6.07, 6.45) is 0. The van der Waals surface area contributed by atoms with Gasteiger partial charge in [0.15, 0.2) is 5.58 Å². The van der Waals surface area contributed by atoms with Crippen molar-refractivity contribution in [3.05, 3.63) is 212 Å². The van der Waals surface area contributed by atoms with E-state index in [1.54, 1.807) is 0 Å². The number of anilines is 3. The highest BCUT2D eigenvalue weighted by atomic mass is 16.3. The van der Waals surface area contributed by atoms with E-state index in [9.17, 15) is 0 Å². The molecule has 0 spiro atoms. The molecule has 0 N–H and O–H groups in total. The summed E-state index contributed by atoms with van der Waals surface area (Å²) < 4.78 is 13.2. The van der Waals surface area contributed by atoms with Crippen molar-refractivity contribution in [1.29, 1.82) is 0 Å². The van der Waals surface area contributed by atoms with Crippen LogP contribution < -0.4 is 4.90 Å². The lowest BCUT2D eigenvalue weighted by atomic mass is 9.93. The number of fused-ring (bicyclic) bond motifs is 9. The first-order chi connectivity index (χ1) is 29.2. The number of para-hydroxylation sites is 3. The van der Waals surface area contributed by atoms with E-state index in [-0.39, 0.29) is 0 Å². The van der Waals surface area contributed by atoms with Crippen LogP contribution in [0, 0.1) is 0 Å². The average molecular weight is 754 g/mol. The van der Waals surface area contributed by atoms with Gasteiger partial charge in [-0.1, -0.05) is 158 Å². The van der Waals surface area contributed by atoms with Crippen LogP contribution in [-0.2, 0) is 0 Å². The Balaban J connectivity index is 1.01. The monoisotopic (exact) mass is 753 g/mol. The van der Waals surface area contributed by atoms with Crippen molar-refractivity contribution in [3.63, 3.8) is 0 Å². The molecule has 0 unspecified atom stereocenters. The first kappa shape index (κ1) is 33.3. The molecule has 0 saturated carbocycles. The van der Waals surface area contributed by atoms with E-state index >= 15 is 0 Å². The van der Waals surface area contributed by atoms with Crippen LogP contribution in [0.3, 0.4) is 0 Å². The molecule has 0 amide bonds. The lowest BCUT2D eigenvalue weighted by molar-refractivity contribution is 0.669. The molecule has 12 rings (SSSR count). The molecule has 10 aromatic carbocycles. The van der Waals surface area contributed by atoms with Gasteiger partial charge in [-0.05, 0) is 104 Å². The molecule has 0 saturated heterocycles. The quantitative estimate of drug-likeness (QED) is 0.158. The fourth-order valence-electron chi connectivity index (χ4n) is 9.05. The van der Waals surface area contributed by atoms with Crippen LogP contribution in [0.25, 0.3) is 98.8 Å². The Labute approximate surface area is 340 Å². The van der Waals surface area contributed by atoms with Crippen LogP contribution in [-0.4, -0.2) is 0 Å². The van der Waals surface area contributed by atoms with Crippen LogP contribution in [0.4, 0.5) is 17.1 Å². The van der Waals surface area contributed by atoms with Crippen molar-refractivity contribution in [1.82, 2.24) is 0 Å². The summed E-state index contributed by atoms with van der Waals surface area (Å²) in [6, 6.07) is 75.6. The van der Waals surface area contributed by atoms with Crippen LogP contribution in [0.2, 0.25) is 0 Å². The normalized spacial score (nSPS) is 11.7. The summed E-state index contributed by atoms with van der Waals surface area (Å²) >= 11 is 0. The van der Waals surface area contributed by atoms with E-state index in [0.29, 0.717) is 0 Å². The van der Waals surface area contributed by atoms with Crippen molar-refractivity contribution in [2.75, 3.05) is 4.90 Å². The zero-order valence-electron chi connectivity index (χ0n) is 32.0. The third kappa shape index (κ3) is 5.44. The fourth-order valence-corrected chi connectivity index (χ4v) is 9.05. The Hall–Kier alpha value is -7.88. The molecule has 2 heterocycles. The minimum Gasteiger partial charge on any atom is -0.456 e. The van der Waals surface area contributed by atoms with Gasteiger partial charge in [-0.2, -0.15) is 0 Å². The van der Waals surface area contributed by atoms with Gasteiger partial charge in [0.05, 0.1) is 5.69 Å². The van der Waals surface area contributed by atoms with E-state index in [1.807, 2.05) is 12.1 Å². The molecular formula is C56H35NO2. The van der Waals surface area contributed by atoms with Crippen molar-refractivity contribution in [2.24, 2.45) is 0 Å². The van der Waals surface area contributed by atoms with E-state index in [2.05, 4.69) is 205 Å². The predicted octanol–water partition coefficient (Wildman–Crippen LogP) is 16.3. The molecule has 12 aromatic rings. The third-order valence-electron chi connectivity index (χ3n) is 11.9. The summed E-state index contributed by atoms with van der Waals surface area (Å²) in [4.78, 5) is 2.32. The number of rotatable bonds is 6. The smallest absolute Gasteiger partial charge is 0.159 e. The van der Waals surface area contributed by atoms with Crippen molar-refractivity contribution in [3.8, 4) is 33.4 Å². The number of nitrogens with zero attached hydrogens (tertiary/aromatic N) is 1. The fraction of sp³-hybridized carbons (Fsp3) is 0. The second-order valence-electron chi connectivity index (χ2n) is 15.2. The summed E-state index contributed by atoms with van der Waals surface area (Å²) in [6.45, 7) is 0. The minimum atomic E-state index is 0.842. The van der Waals surface area contributed by atoms with Gasteiger partial charge < -0.3 is 13.7 Å². The molecule has 0 aliphatic rings. The average Bonchev–Trinajstić information content (AvgIpc) is 3.88. The first-order valence-corrected chi connectivity index (χ1v) is 20.1. The molecule has 0 radical (unpaired) electrons. The van der Waals surface area contributed by atoms with Gasteiger partial charge in [0, 0.05) is 38.5 Å². The second-order valence-corrected chi connectivity index (χ2v) is 15.2. The Morgan fingerprint density at radius 3 is 1.66 bits per heavy atom. The summed E-state index contributed by atoms with van der Waals surface area (Å²) in [5, 5.41) is 9.44. The van der Waals surface area contributed by atoms with Crippen LogP contribution in [0.15, 0.2) is 221 Å². The van der Waals surface area contributed by atoms with Crippen molar-refractivity contribution >= 4 is 82.5 Å². The van der Waals surface area contributed by atoms with Crippen LogP contribution >= 0.6 is 0 Å². The Kier molecular flexibility index (Phi) is 7.54. The second kappa shape index (κ2) is 13.4. The van der Waals surface area contributed by atoms with Crippen molar-refractivity contribution in [2.45, 2.75) is 0 Å². The topological polar surface area (TPSA) is 29.5 Å². The molecule has 0 aliphatic carbocycles. The maximum absolute atomic E-state index is 6.98. The summed E-state index contributed by atoms with van der Waals surface area (Å²) in [5.41, 5.74) is 13.4. The van der Waals surface area contributed by atoms with E-state index < -0.39 is 0 Å². The molecule has 276 valence electrons. The summed E-state index contributed by atoms with van der Waals surface area (Å²) in [5.74, 6) is 0. The highest BCUT2D eigenvalue weighted by molar-refractivity contribution is 6.15. The molecule has 0 fully saturated rings.